The Kier molecular flexibility index (Phi) is 3.81. The van der Waals surface area contributed by atoms with Crippen LogP contribution in [0.15, 0.2) is 22.9 Å². The molecule has 1 saturated heterocycles. The molecule has 3 heterocycles. The molecule has 0 radical (unpaired) electrons. The number of hydrogen-bond acceptors (Lipinski definition) is 4. The molecule has 0 aliphatic carbocycles. The molecule has 0 spiro atoms. The van der Waals surface area contributed by atoms with E-state index in [2.05, 4.69) is 47.4 Å². The summed E-state index contributed by atoms with van der Waals surface area (Å²) in [6.45, 7) is 4.25. The van der Waals surface area contributed by atoms with Gasteiger partial charge in [0.1, 0.15) is 0 Å². The van der Waals surface area contributed by atoms with E-state index >= 15 is 0 Å². The van der Waals surface area contributed by atoms with Crippen LogP contribution >= 0.6 is 22.7 Å². The van der Waals surface area contributed by atoms with Crippen LogP contribution in [0, 0.1) is 13.8 Å². The smallest absolute Gasteiger partial charge is 0.220 e. The van der Waals surface area contributed by atoms with E-state index < -0.39 is 0 Å². The van der Waals surface area contributed by atoms with E-state index in [-0.39, 0.29) is 18.0 Å². The predicted molar refractivity (Wildman–Crippen MR) is 85.6 cm³/mol. The Balaban J connectivity index is 1.89. The Labute approximate surface area is 127 Å². The van der Waals surface area contributed by atoms with Crippen molar-refractivity contribution in [2.75, 3.05) is 5.32 Å². The highest BCUT2D eigenvalue weighted by atomic mass is 32.1. The van der Waals surface area contributed by atoms with E-state index in [0.29, 0.717) is 6.42 Å². The largest absolute Gasteiger partial charge is 0.367 e. The third-order valence-corrected chi connectivity index (χ3v) is 5.81. The Morgan fingerprint density at radius 2 is 2.00 bits per heavy atom. The number of rotatable bonds is 4. The minimum atomic E-state index is 0.166. The van der Waals surface area contributed by atoms with E-state index in [0.717, 1.165) is 6.42 Å². The lowest BCUT2D eigenvalue weighted by Gasteiger charge is -2.25. The minimum absolute atomic E-state index is 0.166. The first kappa shape index (κ1) is 13.6. The Bertz CT molecular complexity index is 617. The van der Waals surface area contributed by atoms with Crippen molar-refractivity contribution in [1.82, 2.24) is 5.32 Å². The highest BCUT2D eigenvalue weighted by Crippen LogP contribution is 2.35. The molecule has 2 aromatic rings. The zero-order chi connectivity index (χ0) is 14.1. The SMILES string of the molecule is Cc1ccsc1NC(c1sccc1C)[C@H]1CCC(=O)N1. The van der Waals surface area contributed by atoms with Gasteiger partial charge in [-0.2, -0.15) is 0 Å². The van der Waals surface area contributed by atoms with Crippen molar-refractivity contribution in [1.29, 1.82) is 0 Å². The fraction of sp³-hybridized carbons (Fsp3) is 0.400. The third kappa shape index (κ3) is 2.60. The van der Waals surface area contributed by atoms with Gasteiger partial charge in [-0.05, 0) is 54.3 Å². The number of aryl methyl sites for hydroxylation is 2. The zero-order valence-electron chi connectivity index (χ0n) is 11.6. The number of carbonyl (C=O) groups is 1. The number of nitrogens with one attached hydrogen (secondary N) is 2. The molecule has 0 saturated carbocycles. The summed E-state index contributed by atoms with van der Waals surface area (Å²) in [6.07, 6.45) is 1.54. The molecule has 1 aliphatic rings. The molecule has 3 rings (SSSR count). The van der Waals surface area contributed by atoms with Crippen LogP contribution in [0.5, 0.6) is 0 Å². The molecule has 2 aromatic heterocycles. The van der Waals surface area contributed by atoms with Crippen molar-refractivity contribution < 1.29 is 4.79 Å². The van der Waals surface area contributed by atoms with Gasteiger partial charge in [0.05, 0.1) is 17.1 Å². The summed E-state index contributed by atoms with van der Waals surface area (Å²) in [4.78, 5) is 12.9. The van der Waals surface area contributed by atoms with E-state index in [4.69, 9.17) is 0 Å². The lowest BCUT2D eigenvalue weighted by Crippen LogP contribution is -2.35. The molecule has 1 amide bonds. The number of anilines is 1. The van der Waals surface area contributed by atoms with Crippen LogP contribution in [0.25, 0.3) is 0 Å². The fourth-order valence-electron chi connectivity index (χ4n) is 2.60. The van der Waals surface area contributed by atoms with Gasteiger partial charge in [-0.3, -0.25) is 4.79 Å². The highest BCUT2D eigenvalue weighted by Gasteiger charge is 2.31. The lowest BCUT2D eigenvalue weighted by atomic mass is 10.0. The Morgan fingerprint density at radius 3 is 2.55 bits per heavy atom. The molecule has 0 bridgehead atoms. The molecule has 106 valence electrons. The van der Waals surface area contributed by atoms with Crippen molar-refractivity contribution >= 4 is 33.6 Å². The number of carbonyl (C=O) groups excluding carboxylic acids is 1. The average molecular weight is 306 g/mol. The van der Waals surface area contributed by atoms with Gasteiger partial charge in [0.2, 0.25) is 5.91 Å². The van der Waals surface area contributed by atoms with Gasteiger partial charge in [-0.25, -0.2) is 0 Å². The maximum Gasteiger partial charge on any atom is 0.220 e. The maximum absolute atomic E-state index is 11.5. The van der Waals surface area contributed by atoms with Gasteiger partial charge >= 0.3 is 0 Å². The number of thiophene rings is 2. The van der Waals surface area contributed by atoms with E-state index in [1.165, 1.54) is 21.0 Å². The molecule has 2 N–H and O–H groups in total. The topological polar surface area (TPSA) is 41.1 Å². The Morgan fingerprint density at radius 1 is 1.25 bits per heavy atom. The normalized spacial score (nSPS) is 19.9. The van der Waals surface area contributed by atoms with Crippen LogP contribution in [0.1, 0.15) is 34.9 Å². The second-order valence-corrected chi connectivity index (χ2v) is 7.10. The first-order valence-corrected chi connectivity index (χ1v) is 8.55. The minimum Gasteiger partial charge on any atom is -0.367 e. The molecule has 2 atom stereocenters. The molecule has 3 nitrogen and oxygen atoms in total. The van der Waals surface area contributed by atoms with Crippen LogP contribution in [0.2, 0.25) is 0 Å². The summed E-state index contributed by atoms with van der Waals surface area (Å²) in [5, 5.41) is 12.2. The molecule has 1 unspecified atom stereocenters. The number of amides is 1. The molecule has 1 aliphatic heterocycles. The van der Waals surface area contributed by atoms with Gasteiger partial charge < -0.3 is 10.6 Å². The molecule has 5 heteroatoms. The molecule has 0 aromatic carbocycles. The van der Waals surface area contributed by atoms with Crippen LogP contribution < -0.4 is 10.6 Å². The fourth-order valence-corrected chi connectivity index (χ4v) is 4.50. The second-order valence-electron chi connectivity index (χ2n) is 5.24. The predicted octanol–water partition coefficient (Wildman–Crippen LogP) is 3.86. The average Bonchev–Trinajstić information content (AvgIpc) is 3.10. The quantitative estimate of drug-likeness (QED) is 0.900. The van der Waals surface area contributed by atoms with Crippen LogP contribution in [0.4, 0.5) is 5.00 Å². The molecular weight excluding hydrogens is 288 g/mol. The highest BCUT2D eigenvalue weighted by molar-refractivity contribution is 7.14. The standard InChI is InChI=1S/C15H18N2OS2/c1-9-5-7-19-14(9)13(11-3-4-12(18)16-11)17-15-10(2)6-8-20-15/h5-8,11,13,17H,3-4H2,1-2H3,(H,16,18)/t11-,13?/m1/s1. The zero-order valence-corrected chi connectivity index (χ0v) is 13.2. The van der Waals surface area contributed by atoms with Crippen molar-refractivity contribution in [2.24, 2.45) is 0 Å². The third-order valence-electron chi connectivity index (χ3n) is 3.76. The van der Waals surface area contributed by atoms with E-state index in [1.54, 1.807) is 22.7 Å². The molecule has 20 heavy (non-hydrogen) atoms. The van der Waals surface area contributed by atoms with Gasteiger partial charge in [0.15, 0.2) is 0 Å². The summed E-state index contributed by atoms with van der Waals surface area (Å²) in [5.74, 6) is 0.166. The maximum atomic E-state index is 11.5. The summed E-state index contributed by atoms with van der Waals surface area (Å²) in [5.41, 5.74) is 2.56. The molecule has 1 fully saturated rings. The molecular formula is C15H18N2OS2. The Hall–Kier alpha value is -1.33. The monoisotopic (exact) mass is 306 g/mol. The summed E-state index contributed by atoms with van der Waals surface area (Å²) < 4.78 is 0. The van der Waals surface area contributed by atoms with Crippen LogP contribution in [-0.4, -0.2) is 11.9 Å². The number of hydrogen-bond donors (Lipinski definition) is 2. The van der Waals surface area contributed by atoms with Crippen molar-refractivity contribution in [2.45, 2.75) is 38.8 Å². The van der Waals surface area contributed by atoms with Gasteiger partial charge in [-0.15, -0.1) is 22.7 Å². The second kappa shape index (κ2) is 5.58. The summed E-state index contributed by atoms with van der Waals surface area (Å²) in [6, 6.07) is 4.62. The van der Waals surface area contributed by atoms with Gasteiger partial charge in [-0.1, -0.05) is 0 Å². The lowest BCUT2D eigenvalue weighted by molar-refractivity contribution is -0.119. The van der Waals surface area contributed by atoms with Crippen molar-refractivity contribution in [3.63, 3.8) is 0 Å². The first-order chi connectivity index (χ1) is 9.65. The van der Waals surface area contributed by atoms with Crippen LogP contribution in [-0.2, 0) is 4.79 Å². The van der Waals surface area contributed by atoms with E-state index in [1.807, 2.05) is 0 Å². The van der Waals surface area contributed by atoms with Crippen LogP contribution in [0.3, 0.4) is 0 Å². The van der Waals surface area contributed by atoms with Crippen molar-refractivity contribution in [3.05, 3.63) is 38.9 Å². The first-order valence-electron chi connectivity index (χ1n) is 6.79. The van der Waals surface area contributed by atoms with Crippen molar-refractivity contribution in [3.8, 4) is 0 Å². The van der Waals surface area contributed by atoms with Gasteiger partial charge in [0.25, 0.3) is 0 Å². The summed E-state index contributed by atoms with van der Waals surface area (Å²) in [7, 11) is 0. The van der Waals surface area contributed by atoms with Gasteiger partial charge in [0, 0.05) is 11.3 Å². The van der Waals surface area contributed by atoms with E-state index in [9.17, 15) is 4.79 Å². The summed E-state index contributed by atoms with van der Waals surface area (Å²) >= 11 is 3.49.